The molecule has 0 aromatic heterocycles. The number of nitrogens with zero attached hydrogens (tertiary/aromatic N) is 2. The van der Waals surface area contributed by atoms with Crippen molar-refractivity contribution in [2.45, 2.75) is 18.9 Å². The fourth-order valence-electron chi connectivity index (χ4n) is 3.63. The number of halogens is 2. The molecule has 1 atom stereocenters. The molecule has 148 valence electrons. The normalized spacial score (nSPS) is 20.1. The molecule has 2 heterocycles. The summed E-state index contributed by atoms with van der Waals surface area (Å²) in [6.07, 6.45) is 2.02. The fourth-order valence-corrected chi connectivity index (χ4v) is 3.63. The first-order valence-electron chi connectivity index (χ1n) is 8.67. The number of hydrogen-bond donors (Lipinski definition) is 1. The summed E-state index contributed by atoms with van der Waals surface area (Å²) >= 11 is 0. The van der Waals surface area contributed by atoms with Crippen molar-refractivity contribution in [1.29, 1.82) is 0 Å². The molecule has 26 heavy (non-hydrogen) atoms. The lowest BCUT2D eigenvalue weighted by Crippen LogP contribution is -2.48. The monoisotopic (exact) mass is 405 g/mol. The summed E-state index contributed by atoms with van der Waals surface area (Å²) in [6.45, 7) is 5.14. The Labute approximate surface area is 168 Å². The zero-order chi connectivity index (χ0) is 16.9. The minimum Gasteiger partial charge on any atom is -0.497 e. The molecule has 8 heteroatoms. The van der Waals surface area contributed by atoms with Gasteiger partial charge in [-0.05, 0) is 25.0 Å². The van der Waals surface area contributed by atoms with Gasteiger partial charge in [-0.3, -0.25) is 9.69 Å². The van der Waals surface area contributed by atoms with Crippen LogP contribution in [0.15, 0.2) is 18.2 Å². The van der Waals surface area contributed by atoms with Gasteiger partial charge in [-0.15, -0.1) is 24.8 Å². The first-order valence-corrected chi connectivity index (χ1v) is 8.67. The Hall–Kier alpha value is -1.21. The van der Waals surface area contributed by atoms with E-state index in [0.29, 0.717) is 6.54 Å². The first kappa shape index (κ1) is 22.8. The molecule has 0 bridgehead atoms. The van der Waals surface area contributed by atoms with E-state index in [4.69, 9.17) is 9.47 Å². The molecule has 1 aromatic carbocycles. The molecule has 0 radical (unpaired) electrons. The second-order valence-corrected chi connectivity index (χ2v) is 6.38. The summed E-state index contributed by atoms with van der Waals surface area (Å²) in [6, 6.07) is 5.96. The number of benzene rings is 1. The summed E-state index contributed by atoms with van der Waals surface area (Å²) in [5.41, 5.74) is 1.07. The van der Waals surface area contributed by atoms with Crippen LogP contribution in [0.3, 0.4) is 0 Å². The summed E-state index contributed by atoms with van der Waals surface area (Å²) in [4.78, 5) is 17.1. The Morgan fingerprint density at radius 1 is 1.15 bits per heavy atom. The highest BCUT2D eigenvalue weighted by Gasteiger charge is 2.32. The lowest BCUT2D eigenvalue weighted by Gasteiger charge is -2.31. The van der Waals surface area contributed by atoms with Crippen molar-refractivity contribution in [2.24, 2.45) is 0 Å². The molecule has 0 spiro atoms. The van der Waals surface area contributed by atoms with E-state index in [-0.39, 0.29) is 36.8 Å². The number of rotatable bonds is 5. The summed E-state index contributed by atoms with van der Waals surface area (Å²) in [5.74, 6) is 1.78. The van der Waals surface area contributed by atoms with Gasteiger partial charge in [-0.1, -0.05) is 0 Å². The molecule has 6 nitrogen and oxygen atoms in total. The zero-order valence-corrected chi connectivity index (χ0v) is 17.0. The number of amides is 1. The summed E-state index contributed by atoms with van der Waals surface area (Å²) in [5, 5.41) is 3.32. The molecular formula is C18H29Cl2N3O3. The lowest BCUT2D eigenvalue weighted by atomic mass is 10.0. The Morgan fingerprint density at radius 2 is 1.88 bits per heavy atom. The molecule has 2 fully saturated rings. The minimum atomic E-state index is 0. The van der Waals surface area contributed by atoms with E-state index in [0.717, 1.165) is 62.6 Å². The third-order valence-corrected chi connectivity index (χ3v) is 4.94. The first-order chi connectivity index (χ1) is 11.7. The molecule has 1 N–H and O–H groups in total. The highest BCUT2D eigenvalue weighted by molar-refractivity contribution is 5.85. The molecule has 2 aliphatic rings. The maximum atomic E-state index is 12.8. The van der Waals surface area contributed by atoms with Crippen LogP contribution in [0.5, 0.6) is 11.5 Å². The van der Waals surface area contributed by atoms with E-state index in [1.165, 1.54) is 0 Å². The average molecular weight is 406 g/mol. The van der Waals surface area contributed by atoms with Crippen LogP contribution in [0.2, 0.25) is 0 Å². The Balaban J connectivity index is 0.00000169. The second kappa shape index (κ2) is 10.8. The summed E-state index contributed by atoms with van der Waals surface area (Å²) in [7, 11) is 3.31. The SMILES string of the molecule is COc1ccc(C2CCCN2C(=O)CN2CCNCC2)c(OC)c1.Cl.Cl. The van der Waals surface area contributed by atoms with Gasteiger partial charge in [0.25, 0.3) is 0 Å². The van der Waals surface area contributed by atoms with Gasteiger partial charge in [0.2, 0.25) is 5.91 Å². The van der Waals surface area contributed by atoms with Crippen molar-refractivity contribution in [3.05, 3.63) is 23.8 Å². The highest BCUT2D eigenvalue weighted by atomic mass is 35.5. The minimum absolute atomic E-state index is 0. The molecular weight excluding hydrogens is 377 g/mol. The van der Waals surface area contributed by atoms with Crippen LogP contribution >= 0.6 is 24.8 Å². The van der Waals surface area contributed by atoms with E-state index < -0.39 is 0 Å². The Kier molecular flexibility index (Phi) is 9.50. The molecule has 2 saturated heterocycles. The van der Waals surface area contributed by atoms with Crippen LogP contribution in [0.1, 0.15) is 24.4 Å². The number of ether oxygens (including phenoxy) is 2. The Morgan fingerprint density at radius 3 is 2.54 bits per heavy atom. The fraction of sp³-hybridized carbons (Fsp3) is 0.611. The van der Waals surface area contributed by atoms with Crippen molar-refractivity contribution < 1.29 is 14.3 Å². The van der Waals surface area contributed by atoms with E-state index in [2.05, 4.69) is 10.2 Å². The number of likely N-dealkylation sites (tertiary alicyclic amines) is 1. The van der Waals surface area contributed by atoms with Crippen molar-refractivity contribution in [2.75, 3.05) is 53.5 Å². The van der Waals surface area contributed by atoms with Crippen LogP contribution in [0, 0.1) is 0 Å². The predicted molar refractivity (Wildman–Crippen MR) is 107 cm³/mol. The van der Waals surface area contributed by atoms with Gasteiger partial charge < -0.3 is 19.7 Å². The van der Waals surface area contributed by atoms with Gasteiger partial charge in [-0.2, -0.15) is 0 Å². The number of carbonyl (C=O) groups is 1. The maximum Gasteiger partial charge on any atom is 0.237 e. The van der Waals surface area contributed by atoms with Gasteiger partial charge in [0.15, 0.2) is 0 Å². The van der Waals surface area contributed by atoms with Crippen molar-refractivity contribution >= 4 is 30.7 Å². The molecule has 0 aliphatic carbocycles. The van der Waals surface area contributed by atoms with Crippen LogP contribution in [0.4, 0.5) is 0 Å². The van der Waals surface area contributed by atoms with Crippen molar-refractivity contribution in [1.82, 2.24) is 15.1 Å². The van der Waals surface area contributed by atoms with Gasteiger partial charge >= 0.3 is 0 Å². The number of nitrogens with one attached hydrogen (secondary N) is 1. The summed E-state index contributed by atoms with van der Waals surface area (Å²) < 4.78 is 10.8. The quantitative estimate of drug-likeness (QED) is 0.812. The third kappa shape index (κ3) is 5.16. The van der Waals surface area contributed by atoms with Crippen molar-refractivity contribution in [3.8, 4) is 11.5 Å². The van der Waals surface area contributed by atoms with E-state index in [1.807, 2.05) is 23.1 Å². The standard InChI is InChI=1S/C18H27N3O3.2ClH/c1-23-14-5-6-15(17(12-14)24-2)16-4-3-9-21(16)18(22)13-20-10-7-19-8-11-20;;/h5-6,12,16,19H,3-4,7-11,13H2,1-2H3;2*1H. The number of carbonyl (C=O) groups excluding carboxylic acids is 1. The molecule has 1 aromatic rings. The number of piperazine rings is 1. The smallest absolute Gasteiger partial charge is 0.237 e. The van der Waals surface area contributed by atoms with Crippen LogP contribution in [0.25, 0.3) is 0 Å². The van der Waals surface area contributed by atoms with E-state index >= 15 is 0 Å². The third-order valence-electron chi connectivity index (χ3n) is 4.94. The van der Waals surface area contributed by atoms with E-state index in [9.17, 15) is 4.79 Å². The predicted octanol–water partition coefficient (Wildman–Crippen LogP) is 2.12. The van der Waals surface area contributed by atoms with Gasteiger partial charge in [0.1, 0.15) is 11.5 Å². The molecule has 1 unspecified atom stereocenters. The molecule has 1 amide bonds. The van der Waals surface area contributed by atoms with Crippen LogP contribution < -0.4 is 14.8 Å². The van der Waals surface area contributed by atoms with Crippen molar-refractivity contribution in [3.63, 3.8) is 0 Å². The van der Waals surface area contributed by atoms with Gasteiger partial charge in [0.05, 0.1) is 26.8 Å². The molecule has 0 saturated carbocycles. The van der Waals surface area contributed by atoms with E-state index in [1.54, 1.807) is 14.2 Å². The Bertz CT molecular complexity index is 583. The highest BCUT2D eigenvalue weighted by Crippen LogP contribution is 2.38. The molecule has 3 rings (SSSR count). The number of hydrogen-bond acceptors (Lipinski definition) is 5. The van der Waals surface area contributed by atoms with Gasteiger partial charge in [-0.25, -0.2) is 0 Å². The average Bonchev–Trinajstić information content (AvgIpc) is 3.11. The molecule has 2 aliphatic heterocycles. The second-order valence-electron chi connectivity index (χ2n) is 6.38. The lowest BCUT2D eigenvalue weighted by molar-refractivity contribution is -0.133. The van der Waals surface area contributed by atoms with Gasteiger partial charge in [0, 0.05) is 44.4 Å². The van der Waals surface area contributed by atoms with Crippen LogP contribution in [-0.4, -0.2) is 69.2 Å². The zero-order valence-electron chi connectivity index (χ0n) is 15.4. The largest absolute Gasteiger partial charge is 0.497 e. The number of methoxy groups -OCH3 is 2. The maximum absolute atomic E-state index is 12.8. The van der Waals surface area contributed by atoms with Crippen LogP contribution in [-0.2, 0) is 4.79 Å². The topological polar surface area (TPSA) is 54.0 Å².